The van der Waals surface area contributed by atoms with Crippen LogP contribution in [-0.4, -0.2) is 7.11 Å². The van der Waals surface area contributed by atoms with Gasteiger partial charge in [-0.3, -0.25) is 0 Å². The van der Waals surface area contributed by atoms with Gasteiger partial charge in [-0.2, -0.15) is 0 Å². The first-order chi connectivity index (χ1) is 10.7. The van der Waals surface area contributed by atoms with Gasteiger partial charge in [0.25, 0.3) is 0 Å². The smallest absolute Gasteiger partial charge is 0.129 e. The van der Waals surface area contributed by atoms with Crippen LogP contribution in [0.15, 0.2) is 34.8 Å². The summed E-state index contributed by atoms with van der Waals surface area (Å²) in [6, 6.07) is 10.8. The highest BCUT2D eigenvalue weighted by Crippen LogP contribution is 2.37. The molecule has 0 amide bonds. The molecule has 0 aromatic heterocycles. The van der Waals surface area contributed by atoms with Gasteiger partial charge in [-0.1, -0.05) is 72.6 Å². The van der Waals surface area contributed by atoms with E-state index in [1.54, 1.807) is 7.11 Å². The van der Waals surface area contributed by atoms with E-state index in [1.807, 2.05) is 0 Å². The third-order valence-electron chi connectivity index (χ3n) is 3.96. The van der Waals surface area contributed by atoms with Crippen LogP contribution in [0, 0.1) is 13.8 Å². The van der Waals surface area contributed by atoms with Crippen LogP contribution in [-0.2, 0) is 5.41 Å². The molecular formula is C21H25BrO. The van der Waals surface area contributed by atoms with Crippen LogP contribution < -0.4 is 4.74 Å². The number of methoxy groups -OCH3 is 1. The highest BCUT2D eigenvalue weighted by Gasteiger charge is 2.21. The molecule has 0 atom stereocenters. The summed E-state index contributed by atoms with van der Waals surface area (Å²) < 4.78 is 6.80. The standard InChI is InChI=1S/C21H25BrO/c1-14-7-8-16(15(2)11-14)9-10-17-12-18(22)13-19(20(17)23-6)21(3,4)5/h7-13H,1-6H3/b10-9+. The maximum absolute atomic E-state index is 5.72. The summed E-state index contributed by atoms with van der Waals surface area (Å²) in [4.78, 5) is 0. The molecule has 0 saturated heterocycles. The first-order valence-electron chi connectivity index (χ1n) is 7.85. The van der Waals surface area contributed by atoms with Crippen LogP contribution in [0.3, 0.4) is 0 Å². The Balaban J connectivity index is 2.51. The van der Waals surface area contributed by atoms with Gasteiger partial charge >= 0.3 is 0 Å². The van der Waals surface area contributed by atoms with E-state index in [1.165, 1.54) is 22.3 Å². The van der Waals surface area contributed by atoms with Gasteiger partial charge in [0, 0.05) is 15.6 Å². The van der Waals surface area contributed by atoms with Crippen molar-refractivity contribution in [3.8, 4) is 5.75 Å². The fourth-order valence-corrected chi connectivity index (χ4v) is 3.19. The Kier molecular flexibility index (Phi) is 5.36. The first-order valence-corrected chi connectivity index (χ1v) is 8.65. The number of ether oxygens (including phenoxy) is 1. The lowest BCUT2D eigenvalue weighted by Crippen LogP contribution is -2.13. The summed E-state index contributed by atoms with van der Waals surface area (Å²) in [5.41, 5.74) is 6.12. The second kappa shape index (κ2) is 6.92. The van der Waals surface area contributed by atoms with Gasteiger partial charge in [0.05, 0.1) is 7.11 Å². The van der Waals surface area contributed by atoms with E-state index in [0.717, 1.165) is 15.8 Å². The van der Waals surface area contributed by atoms with Gasteiger partial charge in [0.15, 0.2) is 0 Å². The zero-order valence-corrected chi connectivity index (χ0v) is 16.4. The highest BCUT2D eigenvalue weighted by molar-refractivity contribution is 9.10. The molecule has 23 heavy (non-hydrogen) atoms. The molecule has 2 aromatic carbocycles. The van der Waals surface area contributed by atoms with Gasteiger partial charge < -0.3 is 4.74 Å². The third kappa shape index (κ3) is 4.26. The molecule has 0 spiro atoms. The Bertz CT molecular complexity index is 736. The fourth-order valence-electron chi connectivity index (χ4n) is 2.72. The maximum atomic E-state index is 5.72. The minimum atomic E-state index is 0.0253. The third-order valence-corrected chi connectivity index (χ3v) is 4.42. The van der Waals surface area contributed by atoms with Crippen LogP contribution in [0.2, 0.25) is 0 Å². The molecule has 0 unspecified atom stereocenters. The molecule has 0 fully saturated rings. The highest BCUT2D eigenvalue weighted by atomic mass is 79.9. The van der Waals surface area contributed by atoms with Crippen molar-refractivity contribution in [2.45, 2.75) is 40.0 Å². The number of hydrogen-bond acceptors (Lipinski definition) is 1. The molecule has 0 heterocycles. The van der Waals surface area contributed by atoms with Gasteiger partial charge in [-0.25, -0.2) is 0 Å². The Labute approximate surface area is 148 Å². The molecule has 2 heteroatoms. The second-order valence-electron chi connectivity index (χ2n) is 7.02. The Morgan fingerprint density at radius 1 is 0.957 bits per heavy atom. The van der Waals surface area contributed by atoms with E-state index in [2.05, 4.69) is 93.0 Å². The summed E-state index contributed by atoms with van der Waals surface area (Å²) in [6.07, 6.45) is 4.29. The average molecular weight is 373 g/mol. The van der Waals surface area contributed by atoms with Crippen LogP contribution in [0.4, 0.5) is 0 Å². The summed E-state index contributed by atoms with van der Waals surface area (Å²) >= 11 is 3.63. The second-order valence-corrected chi connectivity index (χ2v) is 7.93. The van der Waals surface area contributed by atoms with E-state index in [4.69, 9.17) is 4.74 Å². The maximum Gasteiger partial charge on any atom is 0.129 e. The summed E-state index contributed by atoms with van der Waals surface area (Å²) in [5.74, 6) is 0.946. The number of aryl methyl sites for hydroxylation is 2. The van der Waals surface area contributed by atoms with E-state index >= 15 is 0 Å². The van der Waals surface area contributed by atoms with Gasteiger partial charge in [-0.15, -0.1) is 0 Å². The molecule has 0 aliphatic heterocycles. The first kappa shape index (κ1) is 17.8. The van der Waals surface area contributed by atoms with Gasteiger partial charge in [0.1, 0.15) is 5.75 Å². The van der Waals surface area contributed by atoms with E-state index in [9.17, 15) is 0 Å². The predicted molar refractivity (Wildman–Crippen MR) is 104 cm³/mol. The van der Waals surface area contributed by atoms with E-state index < -0.39 is 0 Å². The molecular weight excluding hydrogens is 348 g/mol. The van der Waals surface area contributed by atoms with E-state index in [-0.39, 0.29) is 5.41 Å². The van der Waals surface area contributed by atoms with Crippen molar-refractivity contribution < 1.29 is 4.74 Å². The Hall–Kier alpha value is -1.54. The lowest BCUT2D eigenvalue weighted by atomic mass is 9.85. The predicted octanol–water partition coefficient (Wildman–Crippen LogP) is 6.54. The van der Waals surface area contributed by atoms with Crippen molar-refractivity contribution in [2.75, 3.05) is 7.11 Å². The molecule has 0 saturated carbocycles. The van der Waals surface area contributed by atoms with Crippen molar-refractivity contribution in [1.82, 2.24) is 0 Å². The van der Waals surface area contributed by atoms with Gasteiger partial charge in [-0.05, 0) is 42.5 Å². The van der Waals surface area contributed by atoms with Crippen molar-refractivity contribution >= 4 is 28.1 Å². The van der Waals surface area contributed by atoms with Crippen LogP contribution in [0.1, 0.15) is 48.6 Å². The van der Waals surface area contributed by atoms with Crippen LogP contribution >= 0.6 is 15.9 Å². The van der Waals surface area contributed by atoms with Crippen molar-refractivity contribution in [3.05, 3.63) is 62.6 Å². The zero-order valence-electron chi connectivity index (χ0n) is 14.8. The van der Waals surface area contributed by atoms with Gasteiger partial charge in [0.2, 0.25) is 0 Å². The van der Waals surface area contributed by atoms with Crippen molar-refractivity contribution in [3.63, 3.8) is 0 Å². The summed E-state index contributed by atoms with van der Waals surface area (Å²) in [5, 5.41) is 0. The normalized spacial score (nSPS) is 12.0. The number of benzene rings is 2. The molecule has 0 N–H and O–H groups in total. The molecule has 0 bridgehead atoms. The lowest BCUT2D eigenvalue weighted by Gasteiger charge is -2.24. The molecule has 2 aromatic rings. The quantitative estimate of drug-likeness (QED) is 0.555. The van der Waals surface area contributed by atoms with Crippen molar-refractivity contribution in [2.24, 2.45) is 0 Å². The number of halogens is 1. The largest absolute Gasteiger partial charge is 0.496 e. The summed E-state index contributed by atoms with van der Waals surface area (Å²) in [6.45, 7) is 10.9. The molecule has 0 aliphatic carbocycles. The molecule has 2 rings (SSSR count). The minimum Gasteiger partial charge on any atom is -0.496 e. The van der Waals surface area contributed by atoms with Crippen LogP contribution in [0.25, 0.3) is 12.2 Å². The summed E-state index contributed by atoms with van der Waals surface area (Å²) in [7, 11) is 1.74. The van der Waals surface area contributed by atoms with Crippen LogP contribution in [0.5, 0.6) is 5.75 Å². The van der Waals surface area contributed by atoms with Crippen molar-refractivity contribution in [1.29, 1.82) is 0 Å². The Morgan fingerprint density at radius 2 is 1.61 bits per heavy atom. The molecule has 0 aliphatic rings. The number of hydrogen-bond donors (Lipinski definition) is 0. The minimum absolute atomic E-state index is 0.0253. The number of rotatable bonds is 3. The van der Waals surface area contributed by atoms with E-state index in [0.29, 0.717) is 0 Å². The molecule has 122 valence electrons. The monoisotopic (exact) mass is 372 g/mol. The topological polar surface area (TPSA) is 9.23 Å². The molecule has 1 nitrogen and oxygen atoms in total. The Morgan fingerprint density at radius 3 is 2.17 bits per heavy atom. The zero-order chi connectivity index (χ0) is 17.2. The lowest BCUT2D eigenvalue weighted by molar-refractivity contribution is 0.396. The SMILES string of the molecule is COc1c(/C=C/c2ccc(C)cc2C)cc(Br)cc1C(C)(C)C. The average Bonchev–Trinajstić information content (AvgIpc) is 2.44. The molecule has 0 radical (unpaired) electrons. The fraction of sp³-hybridized carbons (Fsp3) is 0.333.